The maximum absolute atomic E-state index is 12.4. The lowest BCUT2D eigenvalue weighted by Crippen LogP contribution is -2.39. The Kier molecular flexibility index (Phi) is 6.52. The largest absolute Gasteiger partial charge is 0.486 e. The number of hydrogen-bond donors (Lipinski definition) is 1. The van der Waals surface area contributed by atoms with E-state index < -0.39 is 22.5 Å². The molecule has 0 bridgehead atoms. The minimum Gasteiger partial charge on any atom is -0.486 e. The van der Waals surface area contributed by atoms with Crippen molar-refractivity contribution in [3.05, 3.63) is 52.5 Å². The van der Waals surface area contributed by atoms with E-state index in [9.17, 15) is 13.2 Å². The van der Waals surface area contributed by atoms with Crippen molar-refractivity contribution in [3.63, 3.8) is 0 Å². The molecular formula is C20H22ClN3O5S. The molecule has 1 N–H and O–H groups in total. The number of carbonyl (C=O) groups is 1. The van der Waals surface area contributed by atoms with E-state index in [1.165, 1.54) is 0 Å². The van der Waals surface area contributed by atoms with Crippen LogP contribution in [0.5, 0.6) is 11.5 Å². The third-order valence-corrected chi connectivity index (χ3v) is 6.04. The van der Waals surface area contributed by atoms with Gasteiger partial charge in [0.15, 0.2) is 11.5 Å². The number of amides is 1. The molecule has 10 heteroatoms. The SMILES string of the molecule is C/C(=N/NC(=O)CN(c1cccc(Cl)c1C)S(C)(=O)=O)c1ccc2c(c1)OCCO2. The molecule has 0 fully saturated rings. The van der Waals surface area contributed by atoms with Crippen molar-refractivity contribution in [2.75, 3.05) is 30.3 Å². The number of fused-ring (bicyclic) bond motifs is 1. The Morgan fingerprint density at radius 2 is 1.90 bits per heavy atom. The molecule has 0 unspecified atom stereocenters. The number of anilines is 1. The molecule has 1 aliphatic heterocycles. The molecular weight excluding hydrogens is 430 g/mol. The summed E-state index contributed by atoms with van der Waals surface area (Å²) in [5.41, 5.74) is 4.58. The minimum absolute atomic E-state index is 0.340. The van der Waals surface area contributed by atoms with Gasteiger partial charge in [0.2, 0.25) is 10.0 Å². The Hall–Kier alpha value is -2.78. The van der Waals surface area contributed by atoms with Crippen LogP contribution in [0.3, 0.4) is 0 Å². The first-order valence-corrected chi connectivity index (χ1v) is 11.4. The normalized spacial score (nSPS) is 13.7. The summed E-state index contributed by atoms with van der Waals surface area (Å²) in [6, 6.07) is 10.2. The first kappa shape index (κ1) is 21.9. The van der Waals surface area contributed by atoms with Crippen LogP contribution in [0.4, 0.5) is 5.69 Å². The number of hydrogen-bond acceptors (Lipinski definition) is 6. The zero-order valence-corrected chi connectivity index (χ0v) is 18.4. The maximum Gasteiger partial charge on any atom is 0.260 e. The maximum atomic E-state index is 12.4. The Morgan fingerprint density at radius 1 is 1.20 bits per heavy atom. The molecule has 1 amide bonds. The average molecular weight is 452 g/mol. The summed E-state index contributed by atoms with van der Waals surface area (Å²) in [5.74, 6) is 0.679. The van der Waals surface area contributed by atoms with E-state index in [4.69, 9.17) is 21.1 Å². The highest BCUT2D eigenvalue weighted by Crippen LogP contribution is 2.31. The lowest BCUT2D eigenvalue weighted by atomic mass is 10.1. The van der Waals surface area contributed by atoms with E-state index in [2.05, 4.69) is 10.5 Å². The smallest absolute Gasteiger partial charge is 0.260 e. The van der Waals surface area contributed by atoms with E-state index in [1.54, 1.807) is 50.2 Å². The highest BCUT2D eigenvalue weighted by atomic mass is 35.5. The fourth-order valence-corrected chi connectivity index (χ4v) is 3.97. The van der Waals surface area contributed by atoms with E-state index in [1.807, 2.05) is 0 Å². The lowest BCUT2D eigenvalue weighted by molar-refractivity contribution is -0.119. The number of ether oxygens (including phenoxy) is 2. The highest BCUT2D eigenvalue weighted by Gasteiger charge is 2.23. The van der Waals surface area contributed by atoms with Crippen LogP contribution < -0.4 is 19.2 Å². The fraction of sp³-hybridized carbons (Fsp3) is 0.300. The standard InChI is InChI=1S/C20H22ClN3O5S/c1-13-16(21)5-4-6-17(13)24(30(3,26)27)12-20(25)23-22-14(2)15-7-8-18-19(11-15)29-10-9-28-18/h4-8,11H,9-10,12H2,1-3H3,(H,23,25)/b22-14-. The number of carbonyl (C=O) groups excluding carboxylic acids is 1. The van der Waals surface area contributed by atoms with Crippen molar-refractivity contribution in [3.8, 4) is 11.5 Å². The molecule has 0 spiro atoms. The summed E-state index contributed by atoms with van der Waals surface area (Å²) in [6.45, 7) is 3.95. The van der Waals surface area contributed by atoms with Gasteiger partial charge in [0.1, 0.15) is 19.8 Å². The Morgan fingerprint density at radius 3 is 2.60 bits per heavy atom. The molecule has 0 aromatic heterocycles. The van der Waals surface area contributed by atoms with Gasteiger partial charge in [-0.3, -0.25) is 9.10 Å². The average Bonchev–Trinajstić information content (AvgIpc) is 2.71. The molecule has 8 nitrogen and oxygen atoms in total. The van der Waals surface area contributed by atoms with Crippen LogP contribution in [0.1, 0.15) is 18.1 Å². The molecule has 2 aromatic carbocycles. The molecule has 0 radical (unpaired) electrons. The minimum atomic E-state index is -3.72. The van der Waals surface area contributed by atoms with Gasteiger partial charge in [0, 0.05) is 10.6 Å². The number of rotatable bonds is 6. The molecule has 1 aliphatic rings. The summed E-state index contributed by atoms with van der Waals surface area (Å²) in [6.07, 6.45) is 1.03. The van der Waals surface area contributed by atoms with E-state index >= 15 is 0 Å². The highest BCUT2D eigenvalue weighted by molar-refractivity contribution is 7.92. The van der Waals surface area contributed by atoms with Crippen molar-refractivity contribution in [1.82, 2.24) is 5.43 Å². The Bertz CT molecular complexity index is 1100. The van der Waals surface area contributed by atoms with Crippen LogP contribution in [0.25, 0.3) is 0 Å². The van der Waals surface area contributed by atoms with Gasteiger partial charge in [-0.2, -0.15) is 5.10 Å². The van der Waals surface area contributed by atoms with Crippen LogP contribution in [-0.2, 0) is 14.8 Å². The van der Waals surface area contributed by atoms with E-state index in [0.717, 1.165) is 16.1 Å². The van der Waals surface area contributed by atoms with Crippen LogP contribution >= 0.6 is 11.6 Å². The molecule has 3 rings (SSSR count). The van der Waals surface area contributed by atoms with E-state index in [0.29, 0.717) is 46.7 Å². The number of nitrogens with one attached hydrogen (secondary N) is 1. The first-order chi connectivity index (χ1) is 14.2. The molecule has 0 atom stereocenters. The molecule has 0 aliphatic carbocycles. The summed E-state index contributed by atoms with van der Waals surface area (Å²) >= 11 is 6.10. The number of sulfonamides is 1. The van der Waals surface area contributed by atoms with Gasteiger partial charge in [0.25, 0.3) is 5.91 Å². The first-order valence-electron chi connectivity index (χ1n) is 9.13. The zero-order valence-electron chi connectivity index (χ0n) is 16.8. The molecule has 0 saturated carbocycles. The predicted octanol–water partition coefficient (Wildman–Crippen LogP) is 2.73. The quantitative estimate of drug-likeness (QED) is 0.538. The number of nitrogens with zero attached hydrogens (tertiary/aromatic N) is 2. The second kappa shape index (κ2) is 8.93. The summed E-state index contributed by atoms with van der Waals surface area (Å²) in [7, 11) is -3.72. The second-order valence-corrected chi connectivity index (χ2v) is 9.06. The molecule has 0 saturated heterocycles. The third-order valence-electron chi connectivity index (χ3n) is 4.50. The molecule has 160 valence electrons. The summed E-state index contributed by atoms with van der Waals surface area (Å²) in [4.78, 5) is 12.4. The van der Waals surface area contributed by atoms with Gasteiger partial charge in [-0.1, -0.05) is 17.7 Å². The second-order valence-electron chi connectivity index (χ2n) is 6.74. The van der Waals surface area contributed by atoms with Gasteiger partial charge in [-0.25, -0.2) is 13.8 Å². The van der Waals surface area contributed by atoms with Crippen LogP contribution in [0, 0.1) is 6.92 Å². The van der Waals surface area contributed by atoms with Gasteiger partial charge in [-0.05, 0) is 49.7 Å². The van der Waals surface area contributed by atoms with E-state index in [-0.39, 0.29) is 0 Å². The number of benzene rings is 2. The van der Waals surface area contributed by atoms with Gasteiger partial charge in [-0.15, -0.1) is 0 Å². The van der Waals surface area contributed by atoms with Crippen LogP contribution in [0.2, 0.25) is 5.02 Å². The zero-order chi connectivity index (χ0) is 21.9. The van der Waals surface area contributed by atoms with Crippen LogP contribution in [-0.4, -0.2) is 46.1 Å². The predicted molar refractivity (Wildman–Crippen MR) is 116 cm³/mol. The molecule has 2 aromatic rings. The third kappa shape index (κ3) is 5.03. The van der Waals surface area contributed by atoms with Crippen molar-refractivity contribution < 1.29 is 22.7 Å². The van der Waals surface area contributed by atoms with Crippen molar-refractivity contribution in [1.29, 1.82) is 0 Å². The fourth-order valence-electron chi connectivity index (χ4n) is 2.89. The summed E-state index contributed by atoms with van der Waals surface area (Å²) < 4.78 is 36.6. The topological polar surface area (TPSA) is 97.3 Å². The van der Waals surface area contributed by atoms with Crippen molar-refractivity contribution >= 4 is 38.9 Å². The number of halogens is 1. The Labute approximate surface area is 180 Å². The van der Waals surface area contributed by atoms with Crippen molar-refractivity contribution in [2.45, 2.75) is 13.8 Å². The van der Waals surface area contributed by atoms with Crippen LogP contribution in [0.15, 0.2) is 41.5 Å². The lowest BCUT2D eigenvalue weighted by Gasteiger charge is -2.23. The molecule has 30 heavy (non-hydrogen) atoms. The van der Waals surface area contributed by atoms with Crippen molar-refractivity contribution in [2.24, 2.45) is 5.10 Å². The summed E-state index contributed by atoms with van der Waals surface area (Å²) in [5, 5.41) is 4.50. The number of hydrazone groups is 1. The van der Waals surface area contributed by atoms with Gasteiger partial charge in [0.05, 0.1) is 17.7 Å². The Balaban J connectivity index is 1.75. The monoisotopic (exact) mass is 451 g/mol. The molecule has 1 heterocycles. The van der Waals surface area contributed by atoms with Gasteiger partial charge < -0.3 is 9.47 Å². The van der Waals surface area contributed by atoms with Gasteiger partial charge >= 0.3 is 0 Å².